The Bertz CT molecular complexity index is 2280. The fourth-order valence-corrected chi connectivity index (χ4v) is 9.35. The first-order valence-corrected chi connectivity index (χ1v) is 21.6. The molecule has 0 amide bonds. The molecule has 6 aromatic rings. The van der Waals surface area contributed by atoms with Gasteiger partial charge in [0.25, 0.3) is 0 Å². The van der Waals surface area contributed by atoms with Crippen molar-refractivity contribution in [3.05, 3.63) is 118 Å². The minimum Gasteiger partial charge on any atom is -0.736 e. The van der Waals surface area contributed by atoms with E-state index >= 15 is 0 Å². The fourth-order valence-electron chi connectivity index (χ4n) is 8.49. The second-order valence-corrected chi connectivity index (χ2v) is 18.7. The summed E-state index contributed by atoms with van der Waals surface area (Å²) in [6.45, 7) is 26.6. The Balaban J connectivity index is 0.00000532. The molecule has 0 saturated carbocycles. The summed E-state index contributed by atoms with van der Waals surface area (Å²) in [7, 11) is -5.00. The number of rotatable bonds is 8. The van der Waals surface area contributed by atoms with Crippen molar-refractivity contribution in [2.75, 3.05) is 0 Å². The molecule has 296 valence electrons. The third kappa shape index (κ3) is 7.45. The van der Waals surface area contributed by atoms with E-state index in [0.717, 1.165) is 54.9 Å². The summed E-state index contributed by atoms with van der Waals surface area (Å²) in [4.78, 5) is 14.6. The zero-order valence-corrected chi connectivity index (χ0v) is 37.3. The van der Waals surface area contributed by atoms with E-state index in [1.54, 1.807) is 0 Å². The molecule has 0 spiro atoms. The van der Waals surface area contributed by atoms with Crippen molar-refractivity contribution in [3.8, 4) is 44.9 Å². The number of phosphoric acid groups is 1. The van der Waals surface area contributed by atoms with Crippen LogP contribution in [-0.2, 0) is 26.9 Å². The van der Waals surface area contributed by atoms with Crippen LogP contribution in [0.25, 0.3) is 54.9 Å². The van der Waals surface area contributed by atoms with Crippen LogP contribution in [0.2, 0.25) is 0 Å². The number of hydrogen-bond acceptors (Lipinski definition) is 4. The molecule has 4 nitrogen and oxygen atoms in total. The van der Waals surface area contributed by atoms with Gasteiger partial charge in [0.2, 0.25) is 0 Å². The molecule has 0 N–H and O–H groups in total. The second-order valence-electron chi connectivity index (χ2n) is 17.4. The van der Waals surface area contributed by atoms with Crippen molar-refractivity contribution in [1.82, 2.24) is 0 Å². The van der Waals surface area contributed by atoms with Crippen LogP contribution >= 0.6 is 7.82 Å². The maximum atomic E-state index is 14.6. The zero-order valence-electron chi connectivity index (χ0n) is 34.9. The van der Waals surface area contributed by atoms with Gasteiger partial charge in [0.1, 0.15) is 11.5 Å². The number of fused-ring (bicyclic) bond motifs is 7. The molecule has 1 aliphatic rings. The molecule has 0 aromatic heterocycles. The van der Waals surface area contributed by atoms with Gasteiger partial charge in [0.15, 0.2) is 0 Å². The van der Waals surface area contributed by atoms with Crippen LogP contribution in [0.5, 0.6) is 11.5 Å². The van der Waals surface area contributed by atoms with Crippen LogP contribution in [0.4, 0.5) is 0 Å². The summed E-state index contributed by atoms with van der Waals surface area (Å²) in [5.41, 5.74) is 12.3. The second kappa shape index (κ2) is 16.0. The van der Waals surface area contributed by atoms with Crippen molar-refractivity contribution < 1.29 is 40.9 Å². The van der Waals surface area contributed by atoms with E-state index in [1.807, 2.05) is 12.1 Å². The van der Waals surface area contributed by atoms with Gasteiger partial charge in [0.05, 0.1) is 0 Å². The molecule has 6 heteroatoms. The van der Waals surface area contributed by atoms with Crippen molar-refractivity contribution in [2.45, 2.75) is 119 Å². The minimum atomic E-state index is -5.00. The molecule has 0 atom stereocenters. The molecule has 0 bridgehead atoms. The Hall–Kier alpha value is -3.63. The van der Waals surface area contributed by atoms with Gasteiger partial charge in [-0.3, -0.25) is 0 Å². The first-order valence-electron chi connectivity index (χ1n) is 20.2. The Morgan fingerprint density at radius 1 is 0.446 bits per heavy atom. The third-order valence-corrected chi connectivity index (χ3v) is 12.3. The molecule has 6 aromatic carbocycles. The van der Waals surface area contributed by atoms with E-state index in [9.17, 15) is 9.46 Å². The van der Waals surface area contributed by atoms with Gasteiger partial charge in [-0.25, -0.2) is 4.57 Å². The molecule has 1 aliphatic heterocycles. The van der Waals surface area contributed by atoms with Gasteiger partial charge in [-0.2, -0.15) is 0 Å². The van der Waals surface area contributed by atoms with E-state index in [1.165, 1.54) is 33.4 Å². The average molecular weight is 860 g/mol. The van der Waals surface area contributed by atoms with Gasteiger partial charge in [0, 0.05) is 22.3 Å². The van der Waals surface area contributed by atoms with E-state index in [0.29, 0.717) is 23.3 Å². The Morgan fingerprint density at radius 3 is 1.04 bits per heavy atom. The average Bonchev–Trinajstić information content (AvgIpc) is 3.26. The van der Waals surface area contributed by atoms with Gasteiger partial charge in [-0.05, 0) is 114 Å². The van der Waals surface area contributed by atoms with E-state index in [-0.39, 0.29) is 46.1 Å². The molecule has 0 unspecified atom stereocenters. The van der Waals surface area contributed by atoms with E-state index < -0.39 is 7.82 Å². The maximum Gasteiger partial charge on any atom is 1.00 e. The molecule has 56 heavy (non-hydrogen) atoms. The van der Waals surface area contributed by atoms with Crippen LogP contribution in [-0.4, -0.2) is 0 Å². The summed E-state index contributed by atoms with van der Waals surface area (Å²) >= 11 is 0. The number of phosphoric ester groups is 1. The quantitative estimate of drug-likeness (QED) is 0.113. The minimum absolute atomic E-state index is 0. The van der Waals surface area contributed by atoms with Crippen molar-refractivity contribution in [3.63, 3.8) is 0 Å². The smallest absolute Gasteiger partial charge is 0.736 e. The van der Waals surface area contributed by atoms with Crippen molar-refractivity contribution >= 4 is 29.4 Å². The molecule has 7 rings (SSSR count). The molecule has 1 heterocycles. The largest absolute Gasteiger partial charge is 1.00 e. The van der Waals surface area contributed by atoms with Crippen molar-refractivity contribution in [1.29, 1.82) is 0 Å². The number of hydrogen-bond donors (Lipinski definition) is 0. The van der Waals surface area contributed by atoms with E-state index in [2.05, 4.69) is 156 Å². The van der Waals surface area contributed by atoms with Crippen LogP contribution < -0.4 is 13.9 Å². The summed E-state index contributed by atoms with van der Waals surface area (Å²) in [5, 5.41) is 3.84. The van der Waals surface area contributed by atoms with Crippen molar-refractivity contribution in [2.24, 2.45) is 0 Å². The van der Waals surface area contributed by atoms with Crippen LogP contribution in [0.15, 0.2) is 84.9 Å². The number of benzene rings is 6. The Morgan fingerprint density at radius 2 is 0.750 bits per heavy atom. The topological polar surface area (TPSA) is 58.6 Å². The molecule has 0 radical (unpaired) electrons. The predicted molar refractivity (Wildman–Crippen MR) is 231 cm³/mol. The molecule has 0 fully saturated rings. The van der Waals surface area contributed by atoms with Crippen LogP contribution in [0, 0.1) is 0 Å². The van der Waals surface area contributed by atoms with Gasteiger partial charge in [-0.1, -0.05) is 156 Å². The Labute approximate surface area is 350 Å². The van der Waals surface area contributed by atoms with E-state index in [4.69, 9.17) is 9.05 Å². The first-order chi connectivity index (χ1) is 26.0. The molecule has 0 aliphatic carbocycles. The summed E-state index contributed by atoms with van der Waals surface area (Å²) in [5.74, 6) is 2.01. The van der Waals surface area contributed by atoms with Crippen LogP contribution in [0.1, 0.15) is 152 Å². The standard InChI is InChI=1S/C50H57O4P.Ag/c1-27(2)35-23-39(29(5)6)45(40(24-35)30(7)8)43-21-33-17-13-15-19-37(33)47-48-38-20-16-14-18-34(38)22-44(50(48)54-55(51,52)53-49(43)47)46-41(31(9)10)25-36(28(3)4)26-42(46)32(11)12;/h13-32H,1-12H3,(H,51,52);/q;+1/p-1. The molecule has 0 saturated heterocycles. The fraction of sp³-hybridized carbons (Fsp3) is 0.360. The first kappa shape index (κ1) is 42.0. The molecular weight excluding hydrogens is 803 g/mol. The Kier molecular flexibility index (Phi) is 12.0. The normalized spacial score (nSPS) is 13.7. The molecular formula is C50H56AgO4P. The third-order valence-electron chi connectivity index (χ3n) is 11.5. The monoisotopic (exact) mass is 858 g/mol. The zero-order chi connectivity index (χ0) is 39.7. The van der Waals surface area contributed by atoms with Gasteiger partial charge >= 0.3 is 30.2 Å². The summed E-state index contributed by atoms with van der Waals surface area (Å²) < 4.78 is 27.4. The maximum absolute atomic E-state index is 14.6. The van der Waals surface area contributed by atoms with Gasteiger partial charge < -0.3 is 13.9 Å². The van der Waals surface area contributed by atoms with Crippen LogP contribution in [0.3, 0.4) is 0 Å². The predicted octanol–water partition coefficient (Wildman–Crippen LogP) is 15.0. The summed E-state index contributed by atoms with van der Waals surface area (Å²) in [6, 6.07) is 30.1. The SMILES string of the molecule is CC(C)c1cc(C(C)C)c(-c2cc3ccccc3c3c2OP(=O)([O-])Oc2c(-c4c(C(C)C)cc(C(C)C)cc4C(C)C)cc4ccccc4c2-3)c(C(C)C)c1.[Ag+]. The summed E-state index contributed by atoms with van der Waals surface area (Å²) in [6.07, 6.45) is 0. The van der Waals surface area contributed by atoms with Gasteiger partial charge in [-0.15, -0.1) is 0 Å².